The van der Waals surface area contributed by atoms with Gasteiger partial charge in [-0.2, -0.15) is 0 Å². The van der Waals surface area contributed by atoms with Crippen molar-refractivity contribution in [1.82, 2.24) is 5.32 Å². The maximum absolute atomic E-state index is 12.4. The third kappa shape index (κ3) is 4.31. The van der Waals surface area contributed by atoms with Crippen LogP contribution in [0.1, 0.15) is 62.6 Å². The molecular formula is C18H28N2O. The summed E-state index contributed by atoms with van der Waals surface area (Å²) in [6.07, 6.45) is 6.45. The Morgan fingerprint density at radius 3 is 2.43 bits per heavy atom. The molecule has 3 N–H and O–H groups in total. The Hall–Kier alpha value is -1.35. The second-order valence-corrected chi connectivity index (χ2v) is 6.64. The second-order valence-electron chi connectivity index (χ2n) is 6.64. The number of rotatable bonds is 5. The Morgan fingerprint density at radius 1 is 1.24 bits per heavy atom. The highest BCUT2D eigenvalue weighted by atomic mass is 16.1. The number of hydrogen-bond acceptors (Lipinski definition) is 2. The molecule has 1 atom stereocenters. The summed E-state index contributed by atoms with van der Waals surface area (Å²) >= 11 is 0. The van der Waals surface area contributed by atoms with Crippen LogP contribution in [-0.4, -0.2) is 12.5 Å². The van der Waals surface area contributed by atoms with Gasteiger partial charge in [-0.25, -0.2) is 0 Å². The van der Waals surface area contributed by atoms with Gasteiger partial charge in [-0.05, 0) is 44.2 Å². The monoisotopic (exact) mass is 288 g/mol. The highest BCUT2D eigenvalue weighted by molar-refractivity contribution is 5.77. The number of aryl methyl sites for hydroxylation is 1. The third-order valence-electron chi connectivity index (χ3n) is 4.84. The Morgan fingerprint density at radius 2 is 1.86 bits per heavy atom. The van der Waals surface area contributed by atoms with E-state index in [0.717, 1.165) is 18.4 Å². The van der Waals surface area contributed by atoms with Crippen molar-refractivity contribution in [1.29, 1.82) is 0 Å². The summed E-state index contributed by atoms with van der Waals surface area (Å²) in [6, 6.07) is 8.39. The lowest BCUT2D eigenvalue weighted by atomic mass is 9.71. The van der Waals surface area contributed by atoms with Crippen LogP contribution >= 0.6 is 0 Å². The van der Waals surface area contributed by atoms with E-state index >= 15 is 0 Å². The van der Waals surface area contributed by atoms with Crippen molar-refractivity contribution in [2.24, 2.45) is 11.1 Å². The van der Waals surface area contributed by atoms with Gasteiger partial charge in [0.25, 0.3) is 0 Å². The van der Waals surface area contributed by atoms with Crippen molar-refractivity contribution < 1.29 is 4.79 Å². The molecule has 1 aromatic carbocycles. The number of nitrogens with two attached hydrogens (primary N) is 1. The summed E-state index contributed by atoms with van der Waals surface area (Å²) in [6.45, 7) is 4.74. The Bertz CT molecular complexity index is 461. The molecular weight excluding hydrogens is 260 g/mol. The van der Waals surface area contributed by atoms with Crippen LogP contribution < -0.4 is 11.1 Å². The van der Waals surface area contributed by atoms with Gasteiger partial charge in [-0.15, -0.1) is 0 Å². The van der Waals surface area contributed by atoms with Crippen LogP contribution in [0.2, 0.25) is 0 Å². The molecule has 0 bridgehead atoms. The molecule has 1 fully saturated rings. The average molecular weight is 288 g/mol. The zero-order valence-corrected chi connectivity index (χ0v) is 13.3. The molecule has 1 aliphatic carbocycles. The van der Waals surface area contributed by atoms with Gasteiger partial charge < -0.3 is 11.1 Å². The average Bonchev–Trinajstić information content (AvgIpc) is 2.48. The largest absolute Gasteiger partial charge is 0.350 e. The van der Waals surface area contributed by atoms with Gasteiger partial charge in [0, 0.05) is 6.42 Å². The highest BCUT2D eigenvalue weighted by Crippen LogP contribution is 2.38. The molecule has 1 amide bonds. The van der Waals surface area contributed by atoms with E-state index in [1.807, 2.05) is 6.92 Å². The van der Waals surface area contributed by atoms with Crippen LogP contribution in [0.15, 0.2) is 24.3 Å². The SMILES string of the molecule is Cc1ccc(C(C)NC(=O)CC2(CN)CCCCC2)cc1. The first-order valence-electron chi connectivity index (χ1n) is 8.11. The highest BCUT2D eigenvalue weighted by Gasteiger charge is 2.33. The first-order valence-corrected chi connectivity index (χ1v) is 8.11. The molecule has 3 nitrogen and oxygen atoms in total. The van der Waals surface area contributed by atoms with Gasteiger partial charge in [0.05, 0.1) is 6.04 Å². The number of hydrogen-bond donors (Lipinski definition) is 2. The summed E-state index contributed by atoms with van der Waals surface area (Å²) in [5, 5.41) is 3.13. The minimum Gasteiger partial charge on any atom is -0.350 e. The molecule has 3 heteroatoms. The predicted octanol–water partition coefficient (Wildman–Crippen LogP) is 3.47. The summed E-state index contributed by atoms with van der Waals surface area (Å²) in [5.74, 6) is 0.135. The van der Waals surface area contributed by atoms with Gasteiger partial charge in [0.2, 0.25) is 5.91 Å². The van der Waals surface area contributed by atoms with Crippen molar-refractivity contribution in [2.45, 2.75) is 58.4 Å². The van der Waals surface area contributed by atoms with E-state index in [4.69, 9.17) is 5.73 Å². The molecule has 0 spiro atoms. The molecule has 1 aromatic rings. The molecule has 0 aromatic heterocycles. The second kappa shape index (κ2) is 7.08. The molecule has 1 unspecified atom stereocenters. The first kappa shape index (κ1) is 16.0. The first-order chi connectivity index (χ1) is 10.0. The van der Waals surface area contributed by atoms with Gasteiger partial charge in [-0.3, -0.25) is 4.79 Å². The van der Waals surface area contributed by atoms with E-state index < -0.39 is 0 Å². The van der Waals surface area contributed by atoms with Crippen LogP contribution in [0.5, 0.6) is 0 Å². The summed E-state index contributed by atoms with van der Waals surface area (Å²) < 4.78 is 0. The normalized spacial score (nSPS) is 19.0. The van der Waals surface area contributed by atoms with E-state index in [9.17, 15) is 4.79 Å². The van der Waals surface area contributed by atoms with Gasteiger partial charge in [-0.1, -0.05) is 49.1 Å². The lowest BCUT2D eigenvalue weighted by Gasteiger charge is -2.36. The number of amides is 1. The maximum Gasteiger partial charge on any atom is 0.221 e. The van der Waals surface area contributed by atoms with Crippen LogP contribution in [0.3, 0.4) is 0 Å². The van der Waals surface area contributed by atoms with E-state index in [2.05, 4.69) is 36.5 Å². The molecule has 116 valence electrons. The Kier molecular flexibility index (Phi) is 5.40. The van der Waals surface area contributed by atoms with Crippen LogP contribution in [0, 0.1) is 12.3 Å². The topological polar surface area (TPSA) is 55.1 Å². The van der Waals surface area contributed by atoms with Gasteiger partial charge in [0.15, 0.2) is 0 Å². The quantitative estimate of drug-likeness (QED) is 0.871. The molecule has 0 radical (unpaired) electrons. The Labute approximate surface area is 128 Å². The minimum atomic E-state index is 0.0370. The van der Waals surface area contributed by atoms with Crippen molar-refractivity contribution in [3.63, 3.8) is 0 Å². The molecule has 2 rings (SSSR count). The third-order valence-corrected chi connectivity index (χ3v) is 4.84. The maximum atomic E-state index is 12.4. The van der Waals surface area contributed by atoms with Gasteiger partial charge in [0.1, 0.15) is 0 Å². The zero-order valence-electron chi connectivity index (χ0n) is 13.3. The van der Waals surface area contributed by atoms with Crippen LogP contribution in [-0.2, 0) is 4.79 Å². The minimum absolute atomic E-state index is 0.0370. The molecule has 21 heavy (non-hydrogen) atoms. The lowest BCUT2D eigenvalue weighted by molar-refractivity contribution is -0.124. The van der Waals surface area contributed by atoms with E-state index in [0.29, 0.717) is 13.0 Å². The fourth-order valence-corrected chi connectivity index (χ4v) is 3.33. The predicted molar refractivity (Wildman–Crippen MR) is 86.9 cm³/mol. The molecule has 1 saturated carbocycles. The number of carbonyl (C=O) groups is 1. The van der Waals surface area contributed by atoms with E-state index in [1.54, 1.807) is 0 Å². The fourth-order valence-electron chi connectivity index (χ4n) is 3.33. The van der Waals surface area contributed by atoms with E-state index in [1.165, 1.54) is 24.8 Å². The molecule has 0 aliphatic heterocycles. The van der Waals surface area contributed by atoms with Crippen molar-refractivity contribution in [2.75, 3.05) is 6.54 Å². The fraction of sp³-hybridized carbons (Fsp3) is 0.611. The Balaban J connectivity index is 1.92. The summed E-state index contributed by atoms with van der Waals surface area (Å²) in [4.78, 5) is 12.4. The number of nitrogens with one attached hydrogen (secondary N) is 1. The standard InChI is InChI=1S/C18H28N2O/c1-14-6-8-16(9-7-14)15(2)20-17(21)12-18(13-19)10-4-3-5-11-18/h6-9,15H,3-5,10-13,19H2,1-2H3,(H,20,21). The smallest absolute Gasteiger partial charge is 0.221 e. The summed E-state index contributed by atoms with van der Waals surface area (Å²) in [5.41, 5.74) is 8.39. The van der Waals surface area contributed by atoms with Gasteiger partial charge >= 0.3 is 0 Å². The van der Waals surface area contributed by atoms with Crippen molar-refractivity contribution >= 4 is 5.91 Å². The van der Waals surface area contributed by atoms with E-state index in [-0.39, 0.29) is 17.4 Å². The molecule has 1 aliphatic rings. The van der Waals surface area contributed by atoms with Crippen LogP contribution in [0.25, 0.3) is 0 Å². The van der Waals surface area contributed by atoms with Crippen LogP contribution in [0.4, 0.5) is 0 Å². The molecule has 0 heterocycles. The van der Waals surface area contributed by atoms with Crippen molar-refractivity contribution in [3.8, 4) is 0 Å². The van der Waals surface area contributed by atoms with Crippen molar-refractivity contribution in [3.05, 3.63) is 35.4 Å². The number of carbonyl (C=O) groups excluding carboxylic acids is 1. The zero-order chi connectivity index (χ0) is 15.3. The summed E-state index contributed by atoms with van der Waals surface area (Å²) in [7, 11) is 0. The lowest BCUT2D eigenvalue weighted by Crippen LogP contribution is -2.39. The number of benzene rings is 1. The molecule has 0 saturated heterocycles.